The Labute approximate surface area is 210 Å². The molecule has 174 valence electrons. The van der Waals surface area contributed by atoms with E-state index in [2.05, 4.69) is 41.5 Å². The van der Waals surface area contributed by atoms with Gasteiger partial charge in [0.1, 0.15) is 5.75 Å². The zero-order valence-electron chi connectivity index (χ0n) is 18.9. The number of benzene rings is 2. The topological polar surface area (TPSA) is 94.8 Å². The van der Waals surface area contributed by atoms with Crippen LogP contribution in [-0.4, -0.2) is 38.0 Å². The number of aromatic nitrogens is 5. The number of methoxy groups -OCH3 is 1. The molecule has 2 aromatic carbocycles. The maximum absolute atomic E-state index is 13.1. The molecule has 0 aliphatic rings. The number of ether oxygens (including phenoxy) is 1. The lowest BCUT2D eigenvalue weighted by Crippen LogP contribution is -2.24. The molecule has 1 N–H and O–H groups in total. The van der Waals surface area contributed by atoms with E-state index in [9.17, 15) is 4.79 Å². The van der Waals surface area contributed by atoms with Crippen LogP contribution < -0.4 is 10.1 Å². The summed E-state index contributed by atoms with van der Waals surface area (Å²) in [6.07, 6.45) is 0. The van der Waals surface area contributed by atoms with Crippen LogP contribution in [0.2, 0.25) is 0 Å². The zero-order valence-corrected chi connectivity index (χ0v) is 21.4. The summed E-state index contributed by atoms with van der Waals surface area (Å²) in [5.74, 6) is 0.818. The maximum Gasteiger partial charge on any atom is 0.274 e. The molecule has 0 saturated carbocycles. The van der Waals surface area contributed by atoms with Crippen LogP contribution in [0.25, 0.3) is 5.69 Å². The van der Waals surface area contributed by atoms with Crippen LogP contribution in [-0.2, 0) is 12.3 Å². The van der Waals surface area contributed by atoms with Crippen molar-refractivity contribution in [1.82, 2.24) is 30.3 Å². The third kappa shape index (κ3) is 5.63. The van der Waals surface area contributed by atoms with Gasteiger partial charge in [-0.15, -0.1) is 5.10 Å². The van der Waals surface area contributed by atoms with E-state index < -0.39 is 0 Å². The highest BCUT2D eigenvalue weighted by Crippen LogP contribution is 2.25. The molecule has 2 heterocycles. The summed E-state index contributed by atoms with van der Waals surface area (Å²) < 4.78 is 8.01. The minimum absolute atomic E-state index is 0.259. The van der Waals surface area contributed by atoms with Gasteiger partial charge in [-0.25, -0.2) is 14.6 Å². The fourth-order valence-corrected chi connectivity index (χ4v) is 4.60. The molecule has 0 fully saturated rings. The largest absolute Gasteiger partial charge is 0.496 e. The fourth-order valence-electron chi connectivity index (χ4n) is 3.40. The van der Waals surface area contributed by atoms with Crippen molar-refractivity contribution in [2.75, 3.05) is 7.11 Å². The number of halogens is 1. The van der Waals surface area contributed by atoms with E-state index >= 15 is 0 Å². The van der Waals surface area contributed by atoms with E-state index in [0.717, 1.165) is 27.1 Å². The number of carbonyl (C=O) groups excluding carboxylic acids is 1. The number of nitrogens with one attached hydrogen (secondary N) is 1. The predicted molar refractivity (Wildman–Crippen MR) is 134 cm³/mol. The summed E-state index contributed by atoms with van der Waals surface area (Å²) in [7, 11) is 1.61. The Bertz CT molecular complexity index is 1290. The summed E-state index contributed by atoms with van der Waals surface area (Å²) in [4.78, 5) is 22.1. The number of carbonyl (C=O) groups is 1. The van der Waals surface area contributed by atoms with Gasteiger partial charge in [0.2, 0.25) is 0 Å². The summed E-state index contributed by atoms with van der Waals surface area (Å²) >= 11 is 4.89. The number of hydrogen-bond donors (Lipinski definition) is 1. The van der Waals surface area contributed by atoms with E-state index in [1.165, 1.54) is 11.8 Å². The average Bonchev–Trinajstić information content (AvgIpc) is 3.25. The number of hydrogen-bond acceptors (Lipinski definition) is 7. The van der Waals surface area contributed by atoms with E-state index in [0.29, 0.717) is 28.9 Å². The van der Waals surface area contributed by atoms with Crippen molar-refractivity contribution in [3.63, 3.8) is 0 Å². The summed E-state index contributed by atoms with van der Waals surface area (Å²) in [6.45, 7) is 4.17. The predicted octanol–water partition coefficient (Wildman–Crippen LogP) is 4.67. The van der Waals surface area contributed by atoms with Crippen molar-refractivity contribution in [3.8, 4) is 11.4 Å². The molecule has 2 aromatic heterocycles. The van der Waals surface area contributed by atoms with Crippen LogP contribution in [0.15, 0.2) is 64.2 Å². The number of rotatable bonds is 8. The number of thioether (sulfide) groups is 1. The summed E-state index contributed by atoms with van der Waals surface area (Å²) in [5.41, 5.74) is 4.38. The molecule has 34 heavy (non-hydrogen) atoms. The van der Waals surface area contributed by atoms with E-state index in [1.807, 2.05) is 68.4 Å². The monoisotopic (exact) mass is 538 g/mol. The molecule has 0 aliphatic carbocycles. The van der Waals surface area contributed by atoms with Crippen LogP contribution in [0.4, 0.5) is 0 Å². The molecule has 0 spiro atoms. The first-order valence-corrected chi connectivity index (χ1v) is 12.3. The molecule has 0 atom stereocenters. The first-order chi connectivity index (χ1) is 16.4. The first kappa shape index (κ1) is 23.9. The second-order valence-electron chi connectivity index (χ2n) is 7.49. The van der Waals surface area contributed by atoms with Crippen molar-refractivity contribution in [3.05, 3.63) is 87.4 Å². The van der Waals surface area contributed by atoms with Gasteiger partial charge in [-0.3, -0.25) is 4.79 Å². The molecule has 0 bridgehead atoms. The number of aryl methyl sites for hydroxylation is 2. The Kier molecular flexibility index (Phi) is 7.59. The maximum atomic E-state index is 13.1. The van der Waals surface area contributed by atoms with Crippen LogP contribution >= 0.6 is 27.7 Å². The lowest BCUT2D eigenvalue weighted by molar-refractivity contribution is 0.0945. The smallest absolute Gasteiger partial charge is 0.274 e. The molecule has 0 aliphatic heterocycles. The lowest BCUT2D eigenvalue weighted by atomic mass is 10.2. The van der Waals surface area contributed by atoms with Gasteiger partial charge in [-0.1, -0.05) is 51.1 Å². The molecule has 0 saturated heterocycles. The Balaban J connectivity index is 1.61. The second kappa shape index (κ2) is 10.8. The van der Waals surface area contributed by atoms with Crippen molar-refractivity contribution >= 4 is 33.6 Å². The Morgan fingerprint density at radius 1 is 1.09 bits per heavy atom. The van der Waals surface area contributed by atoms with Gasteiger partial charge in [-0.2, -0.15) is 0 Å². The fraction of sp³-hybridized carbons (Fsp3) is 0.208. The molecule has 1 amide bonds. The van der Waals surface area contributed by atoms with Crippen LogP contribution in [0.1, 0.15) is 33.1 Å². The standard InChI is InChI=1S/C24H23BrN6O2S/c1-15-12-16(2)28-24(27-15)34-14-20-22(29-30-31(20)19-10-8-18(25)9-11-19)23(32)26-13-17-6-4-5-7-21(17)33-3/h4-12H,13-14H2,1-3H3,(H,26,32). The second-order valence-corrected chi connectivity index (χ2v) is 9.35. The molecule has 4 aromatic rings. The highest BCUT2D eigenvalue weighted by atomic mass is 79.9. The van der Waals surface area contributed by atoms with Gasteiger partial charge in [0.15, 0.2) is 10.9 Å². The van der Waals surface area contributed by atoms with Crippen molar-refractivity contribution in [2.45, 2.75) is 31.3 Å². The van der Waals surface area contributed by atoms with Crippen molar-refractivity contribution in [2.24, 2.45) is 0 Å². The molecule has 0 unspecified atom stereocenters. The highest BCUT2D eigenvalue weighted by molar-refractivity contribution is 9.10. The molecule has 8 nitrogen and oxygen atoms in total. The van der Waals surface area contributed by atoms with E-state index in [-0.39, 0.29) is 11.6 Å². The Hall–Kier alpha value is -3.24. The summed E-state index contributed by atoms with van der Waals surface area (Å²) in [6, 6.07) is 17.1. The van der Waals surface area contributed by atoms with Crippen molar-refractivity contribution in [1.29, 1.82) is 0 Å². The van der Waals surface area contributed by atoms with Gasteiger partial charge < -0.3 is 10.1 Å². The average molecular weight is 539 g/mol. The molecule has 4 rings (SSSR count). The molecular formula is C24H23BrN6O2S. The number of nitrogens with zero attached hydrogens (tertiary/aromatic N) is 5. The Morgan fingerprint density at radius 3 is 2.50 bits per heavy atom. The Morgan fingerprint density at radius 2 is 1.79 bits per heavy atom. The molecule has 10 heteroatoms. The van der Waals surface area contributed by atoms with Crippen LogP contribution in [0.3, 0.4) is 0 Å². The zero-order chi connectivity index (χ0) is 24.1. The molecule has 0 radical (unpaired) electrons. The minimum Gasteiger partial charge on any atom is -0.496 e. The van der Waals surface area contributed by atoms with Gasteiger partial charge >= 0.3 is 0 Å². The molecular weight excluding hydrogens is 516 g/mol. The number of para-hydroxylation sites is 1. The number of amides is 1. The van der Waals surface area contributed by atoms with Crippen LogP contribution in [0, 0.1) is 13.8 Å². The van der Waals surface area contributed by atoms with Gasteiger partial charge in [0, 0.05) is 33.7 Å². The van der Waals surface area contributed by atoms with E-state index in [1.54, 1.807) is 11.8 Å². The first-order valence-electron chi connectivity index (χ1n) is 10.5. The van der Waals surface area contributed by atoms with Gasteiger partial charge in [-0.05, 0) is 50.2 Å². The minimum atomic E-state index is -0.314. The highest BCUT2D eigenvalue weighted by Gasteiger charge is 2.21. The normalized spacial score (nSPS) is 10.8. The van der Waals surface area contributed by atoms with Crippen LogP contribution in [0.5, 0.6) is 5.75 Å². The summed E-state index contributed by atoms with van der Waals surface area (Å²) in [5, 5.41) is 12.1. The van der Waals surface area contributed by atoms with Gasteiger partial charge in [0.25, 0.3) is 5.91 Å². The third-order valence-electron chi connectivity index (χ3n) is 4.98. The van der Waals surface area contributed by atoms with Gasteiger partial charge in [0.05, 0.1) is 18.5 Å². The third-order valence-corrected chi connectivity index (χ3v) is 6.37. The van der Waals surface area contributed by atoms with Crippen molar-refractivity contribution < 1.29 is 9.53 Å². The lowest BCUT2D eigenvalue weighted by Gasteiger charge is -2.10. The quantitative estimate of drug-likeness (QED) is 0.257. The van der Waals surface area contributed by atoms with E-state index in [4.69, 9.17) is 4.74 Å². The SMILES string of the molecule is COc1ccccc1CNC(=O)c1nnn(-c2ccc(Br)cc2)c1CSc1nc(C)cc(C)n1.